The summed E-state index contributed by atoms with van der Waals surface area (Å²) < 4.78 is 2.02. The van der Waals surface area contributed by atoms with Crippen LogP contribution in [-0.4, -0.2) is 32.0 Å². The number of benzene rings is 1. The Kier molecular flexibility index (Phi) is 6.81. The quantitative estimate of drug-likeness (QED) is 0.721. The second kappa shape index (κ2) is 8.86. The van der Waals surface area contributed by atoms with Gasteiger partial charge in [0.2, 0.25) is 5.91 Å². The summed E-state index contributed by atoms with van der Waals surface area (Å²) in [5.74, 6) is 0.930. The van der Waals surface area contributed by atoms with Gasteiger partial charge in [-0.3, -0.25) is 4.79 Å². The van der Waals surface area contributed by atoms with Crippen LogP contribution in [-0.2, 0) is 17.8 Å². The van der Waals surface area contributed by atoms with Crippen LogP contribution in [0, 0.1) is 17.2 Å². The van der Waals surface area contributed by atoms with E-state index < -0.39 is 5.54 Å². The second-order valence-corrected chi connectivity index (χ2v) is 7.55. The summed E-state index contributed by atoms with van der Waals surface area (Å²) in [6.45, 7) is 8.35. The molecule has 1 amide bonds. The van der Waals surface area contributed by atoms with Gasteiger partial charge in [0, 0.05) is 13.0 Å². The molecule has 0 bridgehead atoms. The lowest BCUT2D eigenvalue weighted by Gasteiger charge is -2.27. The van der Waals surface area contributed by atoms with Gasteiger partial charge >= 0.3 is 0 Å². The molecule has 2 aromatic rings. The molecule has 0 saturated heterocycles. The highest BCUT2D eigenvalue weighted by atomic mass is 32.2. The van der Waals surface area contributed by atoms with Crippen molar-refractivity contribution >= 4 is 17.7 Å². The lowest BCUT2D eigenvalue weighted by Crippen LogP contribution is -2.49. The average Bonchev–Trinajstić information content (AvgIpc) is 3.02. The highest BCUT2D eigenvalue weighted by Crippen LogP contribution is 2.20. The molecule has 26 heavy (non-hydrogen) atoms. The monoisotopic (exact) mass is 371 g/mol. The first-order valence-electron chi connectivity index (χ1n) is 8.70. The fraction of sp³-hybridized carbons (Fsp3) is 0.474. The molecular formula is C19H25N5OS. The SMILES string of the molecule is CCn1c(Cc2ccccc2)nnc1SCC(=O)NC(C)(C#N)C(C)C. The molecule has 1 N–H and O–H groups in total. The molecule has 1 heterocycles. The van der Waals surface area contributed by atoms with Gasteiger partial charge in [0.1, 0.15) is 11.4 Å². The van der Waals surface area contributed by atoms with Crippen molar-refractivity contribution in [2.24, 2.45) is 5.92 Å². The zero-order chi connectivity index (χ0) is 19.2. The lowest BCUT2D eigenvalue weighted by molar-refractivity contribution is -0.120. The summed E-state index contributed by atoms with van der Waals surface area (Å²) in [5, 5.41) is 21.4. The summed E-state index contributed by atoms with van der Waals surface area (Å²) in [5.41, 5.74) is 0.305. The van der Waals surface area contributed by atoms with Gasteiger partial charge in [-0.15, -0.1) is 10.2 Å². The van der Waals surface area contributed by atoms with E-state index in [1.165, 1.54) is 17.3 Å². The molecule has 0 radical (unpaired) electrons. The molecule has 0 aliphatic carbocycles. The van der Waals surface area contributed by atoms with Crippen LogP contribution >= 0.6 is 11.8 Å². The highest BCUT2D eigenvalue weighted by molar-refractivity contribution is 7.99. The number of hydrogen-bond acceptors (Lipinski definition) is 5. The summed E-state index contributed by atoms with van der Waals surface area (Å²) in [6.07, 6.45) is 0.703. The Hall–Kier alpha value is -2.33. The molecule has 1 atom stereocenters. The number of hydrogen-bond donors (Lipinski definition) is 1. The van der Waals surface area contributed by atoms with Gasteiger partial charge in [-0.25, -0.2) is 0 Å². The van der Waals surface area contributed by atoms with Crippen molar-refractivity contribution in [3.05, 3.63) is 41.7 Å². The molecule has 1 aromatic carbocycles. The largest absolute Gasteiger partial charge is 0.337 e. The van der Waals surface area contributed by atoms with E-state index in [1.807, 2.05) is 43.5 Å². The molecule has 0 aliphatic heterocycles. The molecule has 1 aromatic heterocycles. The number of nitrogens with zero attached hydrogens (tertiary/aromatic N) is 4. The zero-order valence-electron chi connectivity index (χ0n) is 15.7. The van der Waals surface area contributed by atoms with E-state index in [-0.39, 0.29) is 17.6 Å². The lowest BCUT2D eigenvalue weighted by atomic mass is 9.90. The number of rotatable bonds is 8. The first kappa shape index (κ1) is 20.0. The van der Waals surface area contributed by atoms with Crippen molar-refractivity contribution in [2.45, 2.75) is 51.4 Å². The number of thioether (sulfide) groups is 1. The van der Waals surface area contributed by atoms with Crippen LogP contribution in [0.25, 0.3) is 0 Å². The van der Waals surface area contributed by atoms with E-state index in [4.69, 9.17) is 0 Å². The maximum atomic E-state index is 12.3. The van der Waals surface area contributed by atoms with Crippen LogP contribution in [0.3, 0.4) is 0 Å². The number of nitrogens with one attached hydrogen (secondary N) is 1. The van der Waals surface area contributed by atoms with Crippen LogP contribution in [0.15, 0.2) is 35.5 Å². The molecule has 0 saturated carbocycles. The third kappa shape index (κ3) is 4.85. The predicted molar refractivity (Wildman–Crippen MR) is 103 cm³/mol. The first-order valence-corrected chi connectivity index (χ1v) is 9.69. The van der Waals surface area contributed by atoms with Crippen LogP contribution < -0.4 is 5.32 Å². The average molecular weight is 372 g/mol. The molecule has 1 unspecified atom stereocenters. The summed E-state index contributed by atoms with van der Waals surface area (Å²) in [6, 6.07) is 12.3. The molecule has 0 spiro atoms. The normalized spacial score (nSPS) is 13.2. The van der Waals surface area contributed by atoms with Crippen molar-refractivity contribution in [3.8, 4) is 6.07 Å². The molecule has 6 nitrogen and oxygen atoms in total. The van der Waals surface area contributed by atoms with E-state index in [0.717, 1.165) is 17.5 Å². The zero-order valence-corrected chi connectivity index (χ0v) is 16.5. The summed E-state index contributed by atoms with van der Waals surface area (Å²) >= 11 is 1.34. The van der Waals surface area contributed by atoms with Gasteiger partial charge in [0.25, 0.3) is 0 Å². The molecule has 7 heteroatoms. The summed E-state index contributed by atoms with van der Waals surface area (Å²) in [7, 11) is 0. The highest BCUT2D eigenvalue weighted by Gasteiger charge is 2.30. The topological polar surface area (TPSA) is 83.6 Å². The molecular weight excluding hydrogens is 346 g/mol. The van der Waals surface area contributed by atoms with Crippen molar-refractivity contribution < 1.29 is 4.79 Å². The van der Waals surface area contributed by atoms with E-state index in [2.05, 4.69) is 33.7 Å². The number of carbonyl (C=O) groups is 1. The minimum atomic E-state index is -0.867. The Bertz CT molecular complexity index is 781. The molecule has 138 valence electrons. The fourth-order valence-corrected chi connectivity index (χ4v) is 3.23. The maximum absolute atomic E-state index is 12.3. The second-order valence-electron chi connectivity index (χ2n) is 6.61. The van der Waals surface area contributed by atoms with E-state index in [0.29, 0.717) is 6.42 Å². The van der Waals surface area contributed by atoms with Crippen LogP contribution in [0.2, 0.25) is 0 Å². The van der Waals surface area contributed by atoms with Gasteiger partial charge in [0.05, 0.1) is 11.8 Å². The number of nitriles is 1. The number of aromatic nitrogens is 3. The number of carbonyl (C=O) groups excluding carboxylic acids is 1. The summed E-state index contributed by atoms with van der Waals surface area (Å²) in [4.78, 5) is 12.3. The smallest absolute Gasteiger partial charge is 0.231 e. The van der Waals surface area contributed by atoms with E-state index in [1.54, 1.807) is 6.92 Å². The molecule has 2 rings (SSSR count). The van der Waals surface area contributed by atoms with Crippen molar-refractivity contribution in [1.82, 2.24) is 20.1 Å². The van der Waals surface area contributed by atoms with Gasteiger partial charge in [-0.2, -0.15) is 5.26 Å². The predicted octanol–water partition coefficient (Wildman–Crippen LogP) is 3.04. The van der Waals surface area contributed by atoms with E-state index in [9.17, 15) is 10.1 Å². The van der Waals surface area contributed by atoms with Crippen molar-refractivity contribution in [2.75, 3.05) is 5.75 Å². The Morgan fingerprint density at radius 3 is 2.62 bits per heavy atom. The molecule has 0 fully saturated rings. The number of amides is 1. The third-order valence-electron chi connectivity index (χ3n) is 4.43. The van der Waals surface area contributed by atoms with Gasteiger partial charge in [-0.05, 0) is 25.3 Å². The van der Waals surface area contributed by atoms with Gasteiger partial charge in [0.15, 0.2) is 5.16 Å². The van der Waals surface area contributed by atoms with Crippen LogP contribution in [0.4, 0.5) is 0 Å². The first-order chi connectivity index (χ1) is 12.4. The van der Waals surface area contributed by atoms with Gasteiger partial charge in [-0.1, -0.05) is 55.9 Å². The van der Waals surface area contributed by atoms with Crippen molar-refractivity contribution in [3.63, 3.8) is 0 Å². The third-order valence-corrected chi connectivity index (χ3v) is 5.40. The van der Waals surface area contributed by atoms with Crippen molar-refractivity contribution in [1.29, 1.82) is 5.26 Å². The Balaban J connectivity index is 2.02. The van der Waals surface area contributed by atoms with Crippen LogP contribution in [0.5, 0.6) is 0 Å². The van der Waals surface area contributed by atoms with Crippen LogP contribution in [0.1, 0.15) is 39.1 Å². The standard InChI is InChI=1S/C19H25N5OS/c1-5-24-16(11-15-9-7-6-8-10-15)22-23-18(24)26-12-17(25)21-19(4,13-20)14(2)3/h6-10,14H,5,11-12H2,1-4H3,(H,21,25). The fourth-order valence-electron chi connectivity index (χ4n) is 2.41. The minimum absolute atomic E-state index is 0.0261. The Labute approximate surface area is 159 Å². The Morgan fingerprint density at radius 1 is 1.35 bits per heavy atom. The Morgan fingerprint density at radius 2 is 2.04 bits per heavy atom. The molecule has 0 aliphatic rings. The minimum Gasteiger partial charge on any atom is -0.337 e. The van der Waals surface area contributed by atoms with E-state index >= 15 is 0 Å². The maximum Gasteiger partial charge on any atom is 0.231 e. The van der Waals surface area contributed by atoms with Gasteiger partial charge < -0.3 is 9.88 Å².